The van der Waals surface area contributed by atoms with E-state index in [1.807, 2.05) is 0 Å². The van der Waals surface area contributed by atoms with Crippen LogP contribution in [0.4, 0.5) is 0 Å². The number of ether oxygens (including phenoxy) is 4. The molecule has 0 saturated carbocycles. The summed E-state index contributed by atoms with van der Waals surface area (Å²) in [6.07, 6.45) is 44.1. The Bertz CT molecular complexity index is 1380. The minimum Gasteiger partial charge on any atom is -0.394 e. The number of amides is 1. The number of aliphatic hydroxyl groups excluding tert-OH is 8. The molecular formula is C65H125NO13. The molecule has 9 N–H and O–H groups in total. The number of carbonyl (C=O) groups is 1. The van der Waals surface area contributed by atoms with Crippen LogP contribution in [0, 0.1) is 0 Å². The molecule has 0 aliphatic carbocycles. The van der Waals surface area contributed by atoms with E-state index >= 15 is 0 Å². The van der Waals surface area contributed by atoms with Crippen molar-refractivity contribution in [3.05, 3.63) is 12.2 Å². The normalized spacial score (nSPS) is 24.4. The highest BCUT2D eigenvalue weighted by atomic mass is 16.7. The van der Waals surface area contributed by atoms with Crippen molar-refractivity contribution >= 4 is 5.91 Å². The fourth-order valence-corrected chi connectivity index (χ4v) is 11.4. The van der Waals surface area contributed by atoms with E-state index in [1.165, 1.54) is 225 Å². The van der Waals surface area contributed by atoms with Gasteiger partial charge in [-0.3, -0.25) is 4.79 Å². The summed E-state index contributed by atoms with van der Waals surface area (Å²) in [5.74, 6) is -0.202. The van der Waals surface area contributed by atoms with Gasteiger partial charge < -0.3 is 65.1 Å². The van der Waals surface area contributed by atoms with Gasteiger partial charge in [0.1, 0.15) is 48.8 Å². The molecule has 0 aromatic rings. The Morgan fingerprint density at radius 1 is 0.443 bits per heavy atom. The van der Waals surface area contributed by atoms with E-state index in [4.69, 9.17) is 18.9 Å². The minimum atomic E-state index is -1.78. The molecule has 14 nitrogen and oxygen atoms in total. The first-order valence-electron chi connectivity index (χ1n) is 33.4. The van der Waals surface area contributed by atoms with Crippen LogP contribution in [0.2, 0.25) is 0 Å². The molecule has 0 radical (unpaired) electrons. The average Bonchev–Trinajstić information content (AvgIpc) is 3.47. The summed E-state index contributed by atoms with van der Waals surface area (Å²) < 4.78 is 22.8. The maximum Gasteiger partial charge on any atom is 0.220 e. The largest absolute Gasteiger partial charge is 0.394 e. The highest BCUT2D eigenvalue weighted by Crippen LogP contribution is 2.30. The number of rotatable bonds is 55. The number of nitrogens with one attached hydrogen (secondary N) is 1. The molecule has 2 aliphatic heterocycles. The van der Waals surface area contributed by atoms with Crippen molar-refractivity contribution in [2.45, 2.75) is 376 Å². The van der Waals surface area contributed by atoms with E-state index < -0.39 is 86.8 Å². The van der Waals surface area contributed by atoms with Gasteiger partial charge in [0.15, 0.2) is 12.6 Å². The summed E-state index contributed by atoms with van der Waals surface area (Å²) >= 11 is 0. The zero-order valence-corrected chi connectivity index (χ0v) is 50.6. The van der Waals surface area contributed by atoms with E-state index in [0.29, 0.717) is 12.8 Å². The van der Waals surface area contributed by atoms with E-state index in [9.17, 15) is 45.6 Å². The molecule has 2 fully saturated rings. The molecule has 0 bridgehead atoms. The zero-order valence-electron chi connectivity index (χ0n) is 50.6. The molecule has 0 aromatic carbocycles. The Labute approximate surface area is 482 Å². The van der Waals surface area contributed by atoms with Gasteiger partial charge in [0.2, 0.25) is 5.91 Å². The summed E-state index contributed by atoms with van der Waals surface area (Å²) in [7, 11) is 0. The van der Waals surface area contributed by atoms with Gasteiger partial charge in [0.05, 0.1) is 32.0 Å². The SMILES string of the molecule is CCCCCCCCCC/C=C\CCCCCCCCCCCCCCCCCCCCCCCCCC(=O)NC(COC1OC(CO)C(OC2OC(CO)C(O)C(O)C2O)C(O)C1O)C(O)CCCCCCCCCCCC. The number of unbranched alkanes of at least 4 members (excludes halogenated alkanes) is 40. The second-order valence-corrected chi connectivity index (χ2v) is 24.0. The van der Waals surface area contributed by atoms with Crippen LogP contribution in [-0.2, 0) is 23.7 Å². The number of hydrogen-bond acceptors (Lipinski definition) is 13. The van der Waals surface area contributed by atoms with Crippen LogP contribution < -0.4 is 5.32 Å². The Morgan fingerprint density at radius 3 is 1.20 bits per heavy atom. The number of carbonyl (C=O) groups excluding carboxylic acids is 1. The Kier molecular flexibility index (Phi) is 47.8. The predicted octanol–water partition coefficient (Wildman–Crippen LogP) is 12.6. The highest BCUT2D eigenvalue weighted by Gasteiger charge is 2.51. The first-order valence-corrected chi connectivity index (χ1v) is 33.4. The van der Waals surface area contributed by atoms with E-state index in [-0.39, 0.29) is 12.5 Å². The maximum absolute atomic E-state index is 13.3. The highest BCUT2D eigenvalue weighted by molar-refractivity contribution is 5.76. The van der Waals surface area contributed by atoms with Crippen molar-refractivity contribution in [1.82, 2.24) is 5.32 Å². The minimum absolute atomic E-state index is 0.202. The third kappa shape index (κ3) is 36.2. The molecule has 1 amide bonds. The predicted molar refractivity (Wildman–Crippen MR) is 319 cm³/mol. The van der Waals surface area contributed by atoms with Crippen LogP contribution in [-0.4, -0.2) is 140 Å². The lowest BCUT2D eigenvalue weighted by Gasteiger charge is -2.46. The maximum atomic E-state index is 13.3. The molecular weight excluding hydrogens is 1000 g/mol. The smallest absolute Gasteiger partial charge is 0.220 e. The molecule has 2 saturated heterocycles. The van der Waals surface area contributed by atoms with Gasteiger partial charge >= 0.3 is 0 Å². The second-order valence-electron chi connectivity index (χ2n) is 24.0. The quantitative estimate of drug-likeness (QED) is 0.0204. The van der Waals surface area contributed by atoms with Crippen molar-refractivity contribution < 1.29 is 64.6 Å². The van der Waals surface area contributed by atoms with Crippen LogP contribution in [0.25, 0.3) is 0 Å². The van der Waals surface area contributed by atoms with E-state index in [2.05, 4.69) is 31.3 Å². The Hall–Kier alpha value is -1.27. The van der Waals surface area contributed by atoms with Crippen molar-refractivity contribution in [3.8, 4) is 0 Å². The standard InChI is InChI=1S/C65H125NO13/c1-3-5-7-9-11-13-15-16-17-18-19-20-21-22-23-24-25-26-27-28-29-30-31-32-33-34-35-36-37-38-39-41-43-45-47-49-57(70)66-53(54(69)48-46-44-42-40-14-12-10-8-6-4-2)52-76-64-62(75)60(73)63(56(51-68)78-64)79-65-61(74)59(72)58(71)55(50-67)77-65/h18-19,53-56,58-65,67-69,71-75H,3-17,20-52H2,1-2H3,(H,66,70)/b19-18-. The van der Waals surface area contributed by atoms with Crippen LogP contribution in [0.3, 0.4) is 0 Å². The summed E-state index contributed by atoms with van der Waals surface area (Å²) in [5.41, 5.74) is 0. The van der Waals surface area contributed by atoms with Crippen molar-refractivity contribution in [2.75, 3.05) is 19.8 Å². The number of hydrogen-bond donors (Lipinski definition) is 9. The van der Waals surface area contributed by atoms with Crippen molar-refractivity contribution in [2.24, 2.45) is 0 Å². The summed E-state index contributed by atoms with van der Waals surface area (Å²) in [6.45, 7) is 2.87. The first-order chi connectivity index (χ1) is 38.6. The summed E-state index contributed by atoms with van der Waals surface area (Å²) in [4.78, 5) is 13.3. The van der Waals surface area contributed by atoms with Crippen LogP contribution >= 0.6 is 0 Å². The molecule has 79 heavy (non-hydrogen) atoms. The Balaban J connectivity index is 1.55. The summed E-state index contributed by atoms with van der Waals surface area (Å²) in [5, 5.41) is 87.1. The van der Waals surface area contributed by atoms with Crippen LogP contribution in [0.5, 0.6) is 0 Å². The molecule has 0 spiro atoms. The van der Waals surface area contributed by atoms with Crippen molar-refractivity contribution in [3.63, 3.8) is 0 Å². The molecule has 468 valence electrons. The third-order valence-corrected chi connectivity index (χ3v) is 16.7. The fraction of sp³-hybridized carbons (Fsp3) is 0.954. The lowest BCUT2D eigenvalue weighted by Crippen LogP contribution is -2.65. The molecule has 12 atom stereocenters. The van der Waals surface area contributed by atoms with Gasteiger partial charge in [0, 0.05) is 6.42 Å². The van der Waals surface area contributed by atoms with Gasteiger partial charge in [-0.15, -0.1) is 0 Å². The molecule has 14 heteroatoms. The topological polar surface area (TPSA) is 228 Å². The second kappa shape index (κ2) is 51.2. The summed E-state index contributed by atoms with van der Waals surface area (Å²) in [6, 6.07) is -0.823. The van der Waals surface area contributed by atoms with Gasteiger partial charge in [0.25, 0.3) is 0 Å². The Morgan fingerprint density at radius 2 is 0.797 bits per heavy atom. The van der Waals surface area contributed by atoms with Crippen molar-refractivity contribution in [1.29, 1.82) is 0 Å². The van der Waals surface area contributed by atoms with Gasteiger partial charge in [-0.1, -0.05) is 270 Å². The lowest BCUT2D eigenvalue weighted by molar-refractivity contribution is -0.359. The fourth-order valence-electron chi connectivity index (χ4n) is 11.4. The molecule has 2 heterocycles. The molecule has 2 rings (SSSR count). The van der Waals surface area contributed by atoms with Gasteiger partial charge in [-0.2, -0.15) is 0 Å². The zero-order chi connectivity index (χ0) is 57.4. The monoisotopic (exact) mass is 1130 g/mol. The first kappa shape index (κ1) is 73.8. The third-order valence-electron chi connectivity index (χ3n) is 16.7. The van der Waals surface area contributed by atoms with Crippen LogP contribution in [0.1, 0.15) is 303 Å². The van der Waals surface area contributed by atoms with E-state index in [0.717, 1.165) is 51.4 Å². The average molecular weight is 1130 g/mol. The molecule has 0 aromatic heterocycles. The van der Waals surface area contributed by atoms with Crippen LogP contribution in [0.15, 0.2) is 12.2 Å². The molecule has 12 unspecified atom stereocenters. The van der Waals surface area contributed by atoms with E-state index in [1.54, 1.807) is 0 Å². The molecule has 2 aliphatic rings. The van der Waals surface area contributed by atoms with Gasteiger partial charge in [-0.05, 0) is 38.5 Å². The number of aliphatic hydroxyl groups is 8. The van der Waals surface area contributed by atoms with Gasteiger partial charge in [-0.25, -0.2) is 0 Å². The number of allylic oxidation sites excluding steroid dienone is 2. The lowest BCUT2D eigenvalue weighted by atomic mass is 9.97.